The molecule has 2 heterocycles. The quantitative estimate of drug-likeness (QED) is 0.183. The number of hydrogen-bond donors (Lipinski definition) is 0. The highest BCUT2D eigenvalue weighted by Crippen LogP contribution is 2.67. The minimum absolute atomic E-state index is 0.230. The number of aryl methyl sites for hydroxylation is 2. The molecule has 4 aromatic rings. The molecule has 0 amide bonds. The van der Waals surface area contributed by atoms with Crippen LogP contribution in [0.25, 0.3) is 31.3 Å². The molecule has 0 radical (unpaired) electrons. The second-order valence-electron chi connectivity index (χ2n) is 10.2. The van der Waals surface area contributed by atoms with Crippen LogP contribution in [0.15, 0.2) is 36.4 Å². The number of rotatable bonds is 8. The van der Waals surface area contributed by atoms with Crippen molar-refractivity contribution in [2.45, 2.75) is 59.3 Å². The van der Waals surface area contributed by atoms with Crippen molar-refractivity contribution in [2.24, 2.45) is 0 Å². The van der Waals surface area contributed by atoms with Gasteiger partial charge in [0.05, 0.1) is 0 Å². The molecule has 0 aliphatic heterocycles. The first kappa shape index (κ1) is 29.8. The molecule has 0 bridgehead atoms. The third-order valence-electron chi connectivity index (χ3n) is 8.12. The molecule has 1 aliphatic carbocycles. The van der Waals surface area contributed by atoms with E-state index in [9.17, 15) is 0 Å². The van der Waals surface area contributed by atoms with E-state index in [-0.39, 0.29) is 21.9 Å². The fourth-order valence-corrected chi connectivity index (χ4v) is 8.20. The van der Waals surface area contributed by atoms with Gasteiger partial charge in [0.1, 0.15) is 0 Å². The van der Waals surface area contributed by atoms with Gasteiger partial charge in [-0.1, -0.05) is 12.1 Å². The summed E-state index contributed by atoms with van der Waals surface area (Å²) < 4.78 is 94.9. The van der Waals surface area contributed by atoms with E-state index in [1.54, 1.807) is 24.3 Å². The zero-order valence-electron chi connectivity index (χ0n) is 23.8. The van der Waals surface area contributed by atoms with Crippen LogP contribution in [0.1, 0.15) is 48.6 Å². The third-order valence-corrected chi connectivity index (χ3v) is 10.3. The molecule has 10 heteroatoms. The molecule has 1 aliphatic rings. The fourth-order valence-electron chi connectivity index (χ4n) is 6.00. The van der Waals surface area contributed by atoms with Gasteiger partial charge >= 0.3 is 17.8 Å². The van der Waals surface area contributed by atoms with Crippen LogP contribution in [0.4, 0.5) is 37.7 Å². The van der Waals surface area contributed by atoms with Crippen molar-refractivity contribution in [3.63, 3.8) is 0 Å². The molecule has 2 aromatic heterocycles. The van der Waals surface area contributed by atoms with Gasteiger partial charge in [-0.3, -0.25) is 0 Å². The predicted molar refractivity (Wildman–Crippen MR) is 162 cm³/mol. The summed E-state index contributed by atoms with van der Waals surface area (Å²) in [7, 11) is 0. The molecule has 5 rings (SSSR count). The highest BCUT2D eigenvalue weighted by atomic mass is 32.1. The third kappa shape index (κ3) is 4.19. The first-order valence-electron chi connectivity index (χ1n) is 13.7. The standard InChI is InChI=1S/C31H32F6N2S2/c1-7-38(8-2)19-11-13-21-23(15-19)40-17(5)25(21)27-28(30(34,35)31(36,37)29(27,32)33)26-18(6)41-24-16-20(12-14-22(24)26)39(9-3)10-4/h11-16H,7-10H2,1-6H3. The molecule has 2 aromatic carbocycles. The maximum atomic E-state index is 15.8. The number of thiophene rings is 2. The van der Waals surface area contributed by atoms with Gasteiger partial charge in [-0.15, -0.1) is 22.7 Å². The summed E-state index contributed by atoms with van der Waals surface area (Å²) in [5, 5.41) is 0.537. The van der Waals surface area contributed by atoms with E-state index >= 15 is 26.3 Å². The number of hydrogen-bond acceptors (Lipinski definition) is 4. The molecule has 0 unspecified atom stereocenters. The molecule has 0 spiro atoms. The largest absolute Gasteiger partial charge is 0.380 e. The molecule has 220 valence electrons. The summed E-state index contributed by atoms with van der Waals surface area (Å²) in [4.78, 5) is 4.72. The molecule has 0 saturated heterocycles. The molecular formula is C31H32F6N2S2. The second-order valence-corrected chi connectivity index (χ2v) is 12.8. The molecule has 2 nitrogen and oxygen atoms in total. The van der Waals surface area contributed by atoms with E-state index in [2.05, 4.69) is 9.80 Å². The first-order valence-corrected chi connectivity index (χ1v) is 15.4. The molecule has 0 saturated carbocycles. The van der Waals surface area contributed by atoms with Crippen LogP contribution in [0, 0.1) is 13.8 Å². The molecule has 0 atom stereocenters. The Morgan fingerprint density at radius 2 is 0.927 bits per heavy atom. The summed E-state index contributed by atoms with van der Waals surface area (Å²) >= 11 is 2.30. The Kier molecular flexibility index (Phi) is 7.42. The van der Waals surface area contributed by atoms with Crippen molar-refractivity contribution >= 4 is 65.4 Å². The van der Waals surface area contributed by atoms with E-state index < -0.39 is 28.9 Å². The normalized spacial score (nSPS) is 17.7. The number of benzene rings is 2. The van der Waals surface area contributed by atoms with Crippen LogP contribution in [-0.2, 0) is 0 Å². The summed E-state index contributed by atoms with van der Waals surface area (Å²) in [5.41, 5.74) is -1.31. The van der Waals surface area contributed by atoms with Crippen LogP contribution in [0.3, 0.4) is 0 Å². The lowest BCUT2D eigenvalue weighted by Crippen LogP contribution is -2.48. The summed E-state index contributed by atoms with van der Waals surface area (Å²) in [6, 6.07) is 10.3. The van der Waals surface area contributed by atoms with Crippen LogP contribution in [0.5, 0.6) is 0 Å². The van der Waals surface area contributed by atoms with Crippen molar-refractivity contribution in [1.29, 1.82) is 0 Å². The molecule has 0 fully saturated rings. The lowest BCUT2D eigenvalue weighted by atomic mass is 9.91. The summed E-state index contributed by atoms with van der Waals surface area (Å²) in [6.07, 6.45) is 0. The lowest BCUT2D eigenvalue weighted by Gasteiger charge is -2.26. The van der Waals surface area contributed by atoms with Gasteiger partial charge in [-0.05, 0) is 65.8 Å². The summed E-state index contributed by atoms with van der Waals surface area (Å²) in [6.45, 7) is 13.8. The van der Waals surface area contributed by atoms with E-state index in [0.717, 1.165) is 34.0 Å². The fraction of sp³-hybridized carbons (Fsp3) is 0.419. The second kappa shape index (κ2) is 10.2. The maximum Gasteiger partial charge on any atom is 0.380 e. The number of halogens is 6. The Bertz CT molecular complexity index is 1540. The van der Waals surface area contributed by atoms with Crippen molar-refractivity contribution < 1.29 is 26.3 Å². The summed E-state index contributed by atoms with van der Waals surface area (Å²) in [5.74, 6) is -15.8. The monoisotopic (exact) mass is 610 g/mol. The smallest absolute Gasteiger partial charge is 0.372 e. The molecule has 41 heavy (non-hydrogen) atoms. The number of allylic oxidation sites excluding steroid dienone is 2. The topological polar surface area (TPSA) is 6.48 Å². The van der Waals surface area contributed by atoms with Crippen molar-refractivity contribution in [1.82, 2.24) is 0 Å². The van der Waals surface area contributed by atoms with E-state index in [4.69, 9.17) is 0 Å². The number of anilines is 2. The zero-order valence-corrected chi connectivity index (χ0v) is 25.4. The Balaban J connectivity index is 1.85. The zero-order chi connectivity index (χ0) is 30.1. The van der Waals surface area contributed by atoms with Crippen LogP contribution >= 0.6 is 22.7 Å². The van der Waals surface area contributed by atoms with Gasteiger partial charge in [0.2, 0.25) is 0 Å². The average molecular weight is 611 g/mol. The highest BCUT2D eigenvalue weighted by molar-refractivity contribution is 7.19. The van der Waals surface area contributed by atoms with Crippen LogP contribution in [-0.4, -0.2) is 43.9 Å². The van der Waals surface area contributed by atoms with Crippen molar-refractivity contribution in [2.75, 3.05) is 36.0 Å². The van der Waals surface area contributed by atoms with Gasteiger partial charge in [-0.25, -0.2) is 0 Å². The Labute approximate surface area is 243 Å². The average Bonchev–Trinajstić information content (AvgIpc) is 3.44. The predicted octanol–water partition coefficient (Wildman–Crippen LogP) is 10.3. The number of nitrogens with zero attached hydrogens (tertiary/aromatic N) is 2. The van der Waals surface area contributed by atoms with Gasteiger partial charge in [0, 0.05) is 89.8 Å². The molecular weight excluding hydrogens is 578 g/mol. The van der Waals surface area contributed by atoms with Crippen molar-refractivity contribution in [3.8, 4) is 0 Å². The van der Waals surface area contributed by atoms with Gasteiger partial charge in [-0.2, -0.15) is 26.3 Å². The minimum Gasteiger partial charge on any atom is -0.372 e. The maximum absolute atomic E-state index is 15.8. The Morgan fingerprint density at radius 1 is 0.585 bits per heavy atom. The highest BCUT2D eigenvalue weighted by Gasteiger charge is 2.80. The van der Waals surface area contributed by atoms with Gasteiger partial charge in [0.15, 0.2) is 0 Å². The van der Waals surface area contributed by atoms with Crippen molar-refractivity contribution in [3.05, 3.63) is 57.3 Å². The van der Waals surface area contributed by atoms with Gasteiger partial charge < -0.3 is 9.80 Å². The minimum atomic E-state index is -5.60. The van der Waals surface area contributed by atoms with Gasteiger partial charge in [0.25, 0.3) is 0 Å². The first-order chi connectivity index (χ1) is 19.3. The SMILES string of the molecule is CCN(CC)c1ccc2c(C3=C(c4c(C)sc5cc(N(CC)CC)ccc45)C(F)(F)C(F)(F)C3(F)F)c(C)sc2c1. The lowest BCUT2D eigenvalue weighted by molar-refractivity contribution is -0.254. The van der Waals surface area contributed by atoms with Crippen LogP contribution in [0.2, 0.25) is 0 Å². The number of alkyl halides is 6. The Hall–Kier alpha value is -2.72. The van der Waals surface area contributed by atoms with E-state index in [1.807, 2.05) is 39.8 Å². The Morgan fingerprint density at radius 3 is 1.24 bits per heavy atom. The van der Waals surface area contributed by atoms with Crippen LogP contribution < -0.4 is 9.80 Å². The number of fused-ring (bicyclic) bond motifs is 2. The molecule has 0 N–H and O–H groups in total. The van der Waals surface area contributed by atoms with E-state index in [1.165, 1.54) is 13.8 Å². The van der Waals surface area contributed by atoms with E-state index in [0.29, 0.717) is 45.3 Å².